The molecule has 2 rings (SSSR count). The van der Waals surface area contributed by atoms with Crippen LogP contribution in [0.5, 0.6) is 11.5 Å². The molecule has 6 heteroatoms. The van der Waals surface area contributed by atoms with Crippen LogP contribution in [0.25, 0.3) is 0 Å². The van der Waals surface area contributed by atoms with Crippen molar-refractivity contribution >= 4 is 17.3 Å². The minimum Gasteiger partial charge on any atom is -0.507 e. The number of hydrogen-bond donors (Lipinski definition) is 2. The number of ketones is 3. The number of Topliss-reactive ketones (excluding diaryl/α,β-unsaturated/α-hetero) is 3. The molecule has 0 spiro atoms. The molecule has 0 fully saturated rings. The molecule has 17 heavy (non-hydrogen) atoms. The lowest BCUT2D eigenvalue weighted by Crippen LogP contribution is -2.42. The van der Waals surface area contributed by atoms with E-state index in [4.69, 9.17) is 0 Å². The fraction of sp³-hybridized carbons (Fsp3) is 0.182. The predicted molar refractivity (Wildman–Crippen MR) is 54.2 cm³/mol. The number of hydrogen-bond acceptors (Lipinski definition) is 6. The first-order valence-electron chi connectivity index (χ1n) is 4.69. The van der Waals surface area contributed by atoms with Crippen LogP contribution < -0.4 is 0 Å². The second kappa shape index (κ2) is 3.67. The molecule has 0 saturated heterocycles. The van der Waals surface area contributed by atoms with Gasteiger partial charge in [-0.2, -0.15) is 0 Å². The van der Waals surface area contributed by atoms with Crippen molar-refractivity contribution in [2.75, 3.05) is 7.11 Å². The van der Waals surface area contributed by atoms with Crippen LogP contribution in [-0.4, -0.2) is 40.8 Å². The maximum Gasteiger partial charge on any atom is 0.240 e. The standard InChI is InChI=1S/C11H8O6/c1-17-11-9(15)7-5(13)3-2-4(12)6(7)8(14)10(11)16/h2-3,11-13H,1H3. The molecule has 0 bridgehead atoms. The van der Waals surface area contributed by atoms with E-state index in [0.29, 0.717) is 0 Å². The average Bonchev–Trinajstić information content (AvgIpc) is 2.30. The van der Waals surface area contributed by atoms with Gasteiger partial charge in [-0.25, -0.2) is 0 Å². The van der Waals surface area contributed by atoms with E-state index in [1.165, 1.54) is 0 Å². The Morgan fingerprint density at radius 3 is 2.06 bits per heavy atom. The number of carbonyl (C=O) groups excluding carboxylic acids is 3. The summed E-state index contributed by atoms with van der Waals surface area (Å²) in [7, 11) is 1.11. The third-order valence-corrected chi connectivity index (χ3v) is 2.57. The molecule has 1 aromatic carbocycles. The van der Waals surface area contributed by atoms with E-state index >= 15 is 0 Å². The fourth-order valence-electron chi connectivity index (χ4n) is 1.77. The van der Waals surface area contributed by atoms with Crippen molar-refractivity contribution in [2.45, 2.75) is 6.10 Å². The number of phenolic OH excluding ortho intramolecular Hbond substituents is 2. The van der Waals surface area contributed by atoms with Crippen molar-refractivity contribution in [3.63, 3.8) is 0 Å². The number of aromatic hydroxyl groups is 2. The summed E-state index contributed by atoms with van der Waals surface area (Å²) in [6.07, 6.45) is -1.55. The Morgan fingerprint density at radius 1 is 1.00 bits per heavy atom. The summed E-state index contributed by atoms with van der Waals surface area (Å²) >= 11 is 0. The lowest BCUT2D eigenvalue weighted by molar-refractivity contribution is -0.122. The molecule has 0 aromatic heterocycles. The lowest BCUT2D eigenvalue weighted by atomic mass is 9.85. The molecule has 1 atom stereocenters. The highest BCUT2D eigenvalue weighted by Gasteiger charge is 2.43. The van der Waals surface area contributed by atoms with Gasteiger partial charge < -0.3 is 14.9 Å². The first-order valence-corrected chi connectivity index (χ1v) is 4.69. The minimum absolute atomic E-state index is 0.374. The van der Waals surface area contributed by atoms with Crippen molar-refractivity contribution in [3.8, 4) is 11.5 Å². The molecule has 88 valence electrons. The molecule has 1 aromatic rings. The third-order valence-electron chi connectivity index (χ3n) is 2.57. The number of phenols is 2. The summed E-state index contributed by atoms with van der Waals surface area (Å²) in [5.74, 6) is -3.91. The first kappa shape index (κ1) is 11.3. The van der Waals surface area contributed by atoms with Gasteiger partial charge in [-0.3, -0.25) is 14.4 Å². The number of rotatable bonds is 1. The van der Waals surface area contributed by atoms with Gasteiger partial charge in [0.15, 0.2) is 6.10 Å². The zero-order valence-corrected chi connectivity index (χ0v) is 8.76. The van der Waals surface area contributed by atoms with E-state index in [1.807, 2.05) is 0 Å². The van der Waals surface area contributed by atoms with Crippen molar-refractivity contribution in [1.29, 1.82) is 0 Å². The Kier molecular flexibility index (Phi) is 2.44. The highest BCUT2D eigenvalue weighted by Crippen LogP contribution is 2.34. The highest BCUT2D eigenvalue weighted by molar-refractivity contribution is 6.53. The topological polar surface area (TPSA) is 101 Å². The lowest BCUT2D eigenvalue weighted by Gasteiger charge is -2.21. The highest BCUT2D eigenvalue weighted by atomic mass is 16.5. The van der Waals surface area contributed by atoms with Crippen LogP contribution in [0.4, 0.5) is 0 Å². The molecule has 1 unspecified atom stereocenters. The van der Waals surface area contributed by atoms with Gasteiger partial charge in [0, 0.05) is 7.11 Å². The summed E-state index contributed by atoms with van der Waals surface area (Å²) in [5, 5.41) is 19.0. The molecule has 0 heterocycles. The van der Waals surface area contributed by atoms with E-state index < -0.39 is 40.5 Å². The van der Waals surface area contributed by atoms with E-state index in [0.717, 1.165) is 19.2 Å². The quantitative estimate of drug-likeness (QED) is 0.406. The van der Waals surface area contributed by atoms with Gasteiger partial charge in [0.25, 0.3) is 0 Å². The summed E-state index contributed by atoms with van der Waals surface area (Å²) in [5.41, 5.74) is -0.838. The van der Waals surface area contributed by atoms with E-state index in [9.17, 15) is 24.6 Å². The normalized spacial score (nSPS) is 19.4. The number of ether oxygens (including phenoxy) is 1. The summed E-state index contributed by atoms with van der Waals surface area (Å²) in [4.78, 5) is 35.0. The van der Waals surface area contributed by atoms with Crippen molar-refractivity contribution in [3.05, 3.63) is 23.3 Å². The minimum atomic E-state index is -1.55. The monoisotopic (exact) mass is 236 g/mol. The van der Waals surface area contributed by atoms with Gasteiger partial charge in [0.1, 0.15) is 11.5 Å². The molecule has 0 saturated carbocycles. The number of carbonyl (C=O) groups is 3. The number of benzene rings is 1. The Balaban J connectivity index is 2.77. The molecular formula is C11H8O6. The van der Waals surface area contributed by atoms with Gasteiger partial charge in [-0.15, -0.1) is 0 Å². The molecule has 0 amide bonds. The summed E-state index contributed by atoms with van der Waals surface area (Å²) in [6.45, 7) is 0. The average molecular weight is 236 g/mol. The Bertz CT molecular complexity index is 545. The van der Waals surface area contributed by atoms with E-state index in [-0.39, 0.29) is 5.56 Å². The van der Waals surface area contributed by atoms with Crippen LogP contribution in [0, 0.1) is 0 Å². The van der Waals surface area contributed by atoms with Crippen molar-refractivity contribution in [1.82, 2.24) is 0 Å². The van der Waals surface area contributed by atoms with Crippen LogP contribution in [0.3, 0.4) is 0 Å². The maximum atomic E-state index is 11.8. The largest absolute Gasteiger partial charge is 0.507 e. The second-order valence-corrected chi connectivity index (χ2v) is 3.53. The van der Waals surface area contributed by atoms with Gasteiger partial charge in [-0.1, -0.05) is 0 Å². The second-order valence-electron chi connectivity index (χ2n) is 3.53. The Labute approximate surface area is 95.4 Å². The van der Waals surface area contributed by atoms with Crippen molar-refractivity contribution in [2.24, 2.45) is 0 Å². The van der Waals surface area contributed by atoms with Crippen LogP contribution in [0.1, 0.15) is 20.7 Å². The molecular weight excluding hydrogens is 228 g/mol. The molecule has 1 aliphatic carbocycles. The summed E-state index contributed by atoms with van der Waals surface area (Å²) < 4.78 is 4.63. The molecule has 1 aliphatic rings. The Hall–Kier alpha value is -2.21. The number of fused-ring (bicyclic) bond motifs is 1. The first-order chi connectivity index (χ1) is 7.99. The van der Waals surface area contributed by atoms with Gasteiger partial charge in [-0.05, 0) is 12.1 Å². The van der Waals surface area contributed by atoms with Crippen LogP contribution >= 0.6 is 0 Å². The van der Waals surface area contributed by atoms with Gasteiger partial charge in [0.2, 0.25) is 17.3 Å². The van der Waals surface area contributed by atoms with Crippen LogP contribution in [0.15, 0.2) is 12.1 Å². The fourth-order valence-corrected chi connectivity index (χ4v) is 1.77. The van der Waals surface area contributed by atoms with E-state index in [2.05, 4.69) is 4.74 Å². The summed E-state index contributed by atoms with van der Waals surface area (Å²) in [6, 6.07) is 2.11. The van der Waals surface area contributed by atoms with E-state index in [1.54, 1.807) is 0 Å². The van der Waals surface area contributed by atoms with Gasteiger partial charge in [0.05, 0.1) is 11.1 Å². The molecule has 0 aliphatic heterocycles. The van der Waals surface area contributed by atoms with Gasteiger partial charge >= 0.3 is 0 Å². The zero-order chi connectivity index (χ0) is 12.7. The smallest absolute Gasteiger partial charge is 0.240 e. The molecule has 2 N–H and O–H groups in total. The predicted octanol–water partition coefficient (Wildman–Crippen LogP) is 0.0609. The maximum absolute atomic E-state index is 11.8. The third kappa shape index (κ3) is 1.42. The molecule has 0 radical (unpaired) electrons. The number of methoxy groups -OCH3 is 1. The Morgan fingerprint density at radius 2 is 1.53 bits per heavy atom. The SMILES string of the molecule is COC1C(=O)C(=O)c2c(O)ccc(O)c2C1=O. The van der Waals surface area contributed by atoms with Crippen LogP contribution in [0.2, 0.25) is 0 Å². The molecule has 6 nitrogen and oxygen atoms in total. The van der Waals surface area contributed by atoms with Crippen molar-refractivity contribution < 1.29 is 29.3 Å². The van der Waals surface area contributed by atoms with Crippen LogP contribution in [-0.2, 0) is 9.53 Å². The zero-order valence-electron chi connectivity index (χ0n) is 8.76.